The van der Waals surface area contributed by atoms with Gasteiger partial charge in [0.25, 0.3) is 5.91 Å². The number of hydrogen-bond acceptors (Lipinski definition) is 6. The number of aryl methyl sites for hydroxylation is 1. The lowest BCUT2D eigenvalue weighted by Crippen LogP contribution is -2.15. The van der Waals surface area contributed by atoms with E-state index < -0.39 is 0 Å². The molecule has 29 heavy (non-hydrogen) atoms. The molecule has 1 aliphatic rings. The molecule has 3 aromatic rings. The zero-order valence-electron chi connectivity index (χ0n) is 16.3. The molecule has 1 amide bonds. The molecule has 2 N–H and O–H groups in total. The van der Waals surface area contributed by atoms with Gasteiger partial charge in [0.05, 0.1) is 18.4 Å². The second kappa shape index (κ2) is 7.71. The average molecular weight is 454 g/mol. The van der Waals surface area contributed by atoms with Gasteiger partial charge in [0.1, 0.15) is 17.4 Å². The Bertz CT molecular complexity index is 1090. The zero-order valence-corrected chi connectivity index (χ0v) is 17.9. The van der Waals surface area contributed by atoms with Gasteiger partial charge >= 0.3 is 0 Å². The summed E-state index contributed by atoms with van der Waals surface area (Å²) in [4.78, 5) is 23.7. The highest BCUT2D eigenvalue weighted by molar-refractivity contribution is 9.10. The van der Waals surface area contributed by atoms with Crippen molar-refractivity contribution >= 4 is 45.0 Å². The van der Waals surface area contributed by atoms with Crippen LogP contribution in [0.4, 0.5) is 23.1 Å². The van der Waals surface area contributed by atoms with E-state index in [2.05, 4.69) is 31.5 Å². The number of nitrogens with one attached hydrogen (secondary N) is 2. The number of hydrogen-bond donors (Lipinski definition) is 2. The van der Waals surface area contributed by atoms with E-state index in [0.29, 0.717) is 29.4 Å². The van der Waals surface area contributed by atoms with E-state index in [9.17, 15) is 4.79 Å². The van der Waals surface area contributed by atoms with Crippen molar-refractivity contribution in [2.75, 3.05) is 29.7 Å². The number of ether oxygens (including phenoxy) is 1. The van der Waals surface area contributed by atoms with Crippen LogP contribution in [0.1, 0.15) is 21.5 Å². The Balaban J connectivity index is 1.65. The van der Waals surface area contributed by atoms with Gasteiger partial charge in [-0.25, -0.2) is 9.97 Å². The largest absolute Gasteiger partial charge is 0.497 e. The van der Waals surface area contributed by atoms with Crippen LogP contribution in [-0.4, -0.2) is 30.0 Å². The van der Waals surface area contributed by atoms with Crippen LogP contribution < -0.4 is 20.3 Å². The van der Waals surface area contributed by atoms with Gasteiger partial charge in [0.15, 0.2) is 5.82 Å². The number of aromatic nitrogens is 2. The van der Waals surface area contributed by atoms with E-state index >= 15 is 0 Å². The molecule has 148 valence electrons. The maximum absolute atomic E-state index is 12.7. The summed E-state index contributed by atoms with van der Waals surface area (Å²) in [6, 6.07) is 11.6. The van der Waals surface area contributed by atoms with E-state index in [1.165, 1.54) is 0 Å². The molecule has 0 fully saturated rings. The van der Waals surface area contributed by atoms with Gasteiger partial charge in [-0.2, -0.15) is 0 Å². The quantitative estimate of drug-likeness (QED) is 0.605. The summed E-state index contributed by atoms with van der Waals surface area (Å²) in [5.41, 5.74) is 3.20. The molecule has 0 saturated heterocycles. The van der Waals surface area contributed by atoms with Gasteiger partial charge in [-0.3, -0.25) is 4.79 Å². The van der Waals surface area contributed by atoms with E-state index in [0.717, 1.165) is 27.2 Å². The molecule has 8 heteroatoms. The minimum Gasteiger partial charge on any atom is -0.497 e. The maximum atomic E-state index is 12.7. The number of carbonyl (C=O) groups is 1. The topological polar surface area (TPSA) is 79.4 Å². The molecule has 0 atom stereocenters. The molecule has 4 rings (SSSR count). The number of anilines is 4. The Labute approximate surface area is 177 Å². The second-order valence-electron chi connectivity index (χ2n) is 6.76. The fourth-order valence-electron chi connectivity index (χ4n) is 3.23. The van der Waals surface area contributed by atoms with Gasteiger partial charge in [-0.1, -0.05) is 12.1 Å². The fourth-order valence-corrected chi connectivity index (χ4v) is 3.56. The van der Waals surface area contributed by atoms with Crippen LogP contribution in [-0.2, 0) is 6.54 Å². The van der Waals surface area contributed by atoms with Gasteiger partial charge in [0, 0.05) is 24.3 Å². The van der Waals surface area contributed by atoms with Crippen LogP contribution in [0.25, 0.3) is 0 Å². The zero-order chi connectivity index (χ0) is 20.5. The molecular weight excluding hydrogens is 434 g/mol. The third-order valence-electron chi connectivity index (χ3n) is 4.78. The number of pyridine rings is 2. The first kappa shape index (κ1) is 19.2. The number of rotatable bonds is 4. The predicted molar refractivity (Wildman–Crippen MR) is 117 cm³/mol. The summed E-state index contributed by atoms with van der Waals surface area (Å²) < 4.78 is 5.94. The van der Waals surface area contributed by atoms with Crippen molar-refractivity contribution in [2.45, 2.75) is 13.5 Å². The highest BCUT2D eigenvalue weighted by Crippen LogP contribution is 2.37. The Morgan fingerprint density at radius 2 is 1.97 bits per heavy atom. The minimum atomic E-state index is -0.205. The van der Waals surface area contributed by atoms with Crippen molar-refractivity contribution < 1.29 is 9.53 Å². The maximum Gasteiger partial charge on any atom is 0.259 e. The third kappa shape index (κ3) is 3.75. The van der Waals surface area contributed by atoms with Crippen LogP contribution in [0.15, 0.2) is 47.1 Å². The molecule has 1 aromatic carbocycles. The Hall–Kier alpha value is -3.13. The summed E-state index contributed by atoms with van der Waals surface area (Å²) in [6.07, 6.45) is 1.67. The van der Waals surface area contributed by atoms with Crippen LogP contribution in [0.3, 0.4) is 0 Å². The molecule has 0 spiro atoms. The third-order valence-corrected chi connectivity index (χ3v) is 5.22. The smallest absolute Gasteiger partial charge is 0.259 e. The van der Waals surface area contributed by atoms with E-state index in [-0.39, 0.29) is 5.91 Å². The van der Waals surface area contributed by atoms with E-state index in [4.69, 9.17) is 9.72 Å². The lowest BCUT2D eigenvalue weighted by atomic mass is 10.2. The standard InChI is InChI=1S/C21H20BrN5O2/c1-12-8-17(23-10-13-4-6-15(29-3)7-5-13)25-20-18(12)26-21(28)16-9-14(22)11-24-19(16)27(20)2/h4-9,11H,10H2,1-3H3,(H,23,25)(H,26,28). The lowest BCUT2D eigenvalue weighted by molar-refractivity contribution is 0.102. The van der Waals surface area contributed by atoms with Gasteiger partial charge < -0.3 is 20.3 Å². The number of methoxy groups -OCH3 is 1. The molecule has 0 aliphatic carbocycles. The SMILES string of the molecule is COc1ccc(CNc2cc(C)c3c(n2)N(C)c2ncc(Br)cc2C(=O)N3)cc1. The summed E-state index contributed by atoms with van der Waals surface area (Å²) in [6.45, 7) is 2.57. The van der Waals surface area contributed by atoms with Crippen LogP contribution >= 0.6 is 15.9 Å². The van der Waals surface area contributed by atoms with Crippen molar-refractivity contribution in [3.63, 3.8) is 0 Å². The van der Waals surface area contributed by atoms with Crippen molar-refractivity contribution in [1.82, 2.24) is 9.97 Å². The Kier molecular flexibility index (Phi) is 5.10. The second-order valence-corrected chi connectivity index (χ2v) is 7.68. The summed E-state index contributed by atoms with van der Waals surface area (Å²) in [7, 11) is 3.51. The number of halogens is 1. The fraction of sp³-hybridized carbons (Fsp3) is 0.190. The minimum absolute atomic E-state index is 0.205. The Morgan fingerprint density at radius 1 is 1.21 bits per heavy atom. The van der Waals surface area contributed by atoms with Gasteiger partial charge in [-0.05, 0) is 58.2 Å². The lowest BCUT2D eigenvalue weighted by Gasteiger charge is -2.20. The molecule has 2 aromatic heterocycles. The summed E-state index contributed by atoms with van der Waals surface area (Å²) >= 11 is 3.38. The highest BCUT2D eigenvalue weighted by atomic mass is 79.9. The summed E-state index contributed by atoms with van der Waals surface area (Å²) in [5.74, 6) is 2.54. The van der Waals surface area contributed by atoms with E-state index in [1.54, 1.807) is 19.4 Å². The van der Waals surface area contributed by atoms with Crippen molar-refractivity contribution in [3.8, 4) is 5.75 Å². The molecule has 0 unspecified atom stereocenters. The number of amides is 1. The molecule has 0 bridgehead atoms. The number of carbonyl (C=O) groups excluding carboxylic acids is 1. The molecule has 0 saturated carbocycles. The molecule has 1 aliphatic heterocycles. The van der Waals surface area contributed by atoms with Crippen LogP contribution in [0.2, 0.25) is 0 Å². The van der Waals surface area contributed by atoms with Crippen molar-refractivity contribution in [3.05, 3.63) is 63.8 Å². The Morgan fingerprint density at radius 3 is 2.69 bits per heavy atom. The molecular formula is C21H20BrN5O2. The first-order valence-electron chi connectivity index (χ1n) is 9.05. The van der Waals surface area contributed by atoms with E-state index in [1.807, 2.05) is 49.2 Å². The monoisotopic (exact) mass is 453 g/mol. The number of fused-ring (bicyclic) bond motifs is 2. The molecule has 7 nitrogen and oxygen atoms in total. The summed E-state index contributed by atoms with van der Waals surface area (Å²) in [5, 5.41) is 6.33. The highest BCUT2D eigenvalue weighted by Gasteiger charge is 2.27. The molecule has 3 heterocycles. The average Bonchev–Trinajstić information content (AvgIpc) is 2.82. The predicted octanol–water partition coefficient (Wildman–Crippen LogP) is 4.50. The van der Waals surface area contributed by atoms with Crippen LogP contribution in [0.5, 0.6) is 5.75 Å². The first-order valence-corrected chi connectivity index (χ1v) is 9.84. The van der Waals surface area contributed by atoms with Crippen molar-refractivity contribution in [1.29, 1.82) is 0 Å². The normalized spacial score (nSPS) is 12.6. The molecule has 0 radical (unpaired) electrons. The number of nitrogens with zero attached hydrogens (tertiary/aromatic N) is 3. The van der Waals surface area contributed by atoms with Crippen molar-refractivity contribution in [2.24, 2.45) is 0 Å². The van der Waals surface area contributed by atoms with Gasteiger partial charge in [0.2, 0.25) is 0 Å². The van der Waals surface area contributed by atoms with Crippen LogP contribution in [0, 0.1) is 6.92 Å². The number of benzene rings is 1. The van der Waals surface area contributed by atoms with Gasteiger partial charge in [-0.15, -0.1) is 0 Å². The first-order chi connectivity index (χ1) is 14.0.